The number of nitrogens with two attached hydrogens (primary N) is 1. The van der Waals surface area contributed by atoms with Gasteiger partial charge in [-0.1, -0.05) is 0 Å². The Labute approximate surface area is 108 Å². The van der Waals surface area contributed by atoms with Crippen LogP contribution in [0.1, 0.15) is 25.7 Å². The van der Waals surface area contributed by atoms with E-state index in [1.807, 2.05) is 0 Å². The summed E-state index contributed by atoms with van der Waals surface area (Å²) in [7, 11) is 0. The molecule has 4 N–H and O–H groups in total. The first-order valence-electron chi connectivity index (χ1n) is 6.98. The summed E-state index contributed by atoms with van der Waals surface area (Å²) in [6, 6.07) is 1.22. The third kappa shape index (κ3) is 2.93. The molecule has 6 nitrogen and oxygen atoms in total. The lowest BCUT2D eigenvalue weighted by Crippen LogP contribution is -2.48. The molecule has 0 radical (unpaired) electrons. The number of aliphatic imine (C=N–C) groups is 1. The monoisotopic (exact) mass is 253 g/mol. The molecule has 6 heteroatoms. The van der Waals surface area contributed by atoms with Gasteiger partial charge in [-0.05, 0) is 32.2 Å². The van der Waals surface area contributed by atoms with Gasteiger partial charge in [0.05, 0.1) is 19.3 Å². The zero-order valence-corrected chi connectivity index (χ0v) is 10.8. The van der Waals surface area contributed by atoms with E-state index in [4.69, 9.17) is 10.6 Å². The molecule has 3 rings (SSSR count). The first-order chi connectivity index (χ1) is 8.85. The summed E-state index contributed by atoms with van der Waals surface area (Å²) >= 11 is 0. The second kappa shape index (κ2) is 5.42. The van der Waals surface area contributed by atoms with Gasteiger partial charge in [0, 0.05) is 18.6 Å². The van der Waals surface area contributed by atoms with Crippen LogP contribution in [0.15, 0.2) is 4.99 Å². The molecule has 0 spiro atoms. The molecule has 2 unspecified atom stereocenters. The first kappa shape index (κ1) is 12.2. The zero-order valence-electron chi connectivity index (χ0n) is 10.8. The summed E-state index contributed by atoms with van der Waals surface area (Å²) in [5.74, 6) is 6.15. The molecule has 2 aliphatic heterocycles. The summed E-state index contributed by atoms with van der Waals surface area (Å²) in [5, 5.41) is 3.27. The van der Waals surface area contributed by atoms with Gasteiger partial charge in [0.25, 0.3) is 0 Å². The number of hydrogen-bond donors (Lipinski definition) is 3. The minimum atomic E-state index is 0.212. The van der Waals surface area contributed by atoms with Crippen molar-refractivity contribution in [1.29, 1.82) is 0 Å². The van der Waals surface area contributed by atoms with Crippen molar-refractivity contribution in [3.05, 3.63) is 0 Å². The molecule has 2 heterocycles. The maximum Gasteiger partial charge on any atom is 0.206 e. The predicted octanol–water partition coefficient (Wildman–Crippen LogP) is -0.579. The second-order valence-electron chi connectivity index (χ2n) is 5.50. The molecule has 18 heavy (non-hydrogen) atoms. The number of hydrogen-bond acceptors (Lipinski definition) is 4. The van der Waals surface area contributed by atoms with Crippen molar-refractivity contribution in [1.82, 2.24) is 15.6 Å². The molecule has 3 fully saturated rings. The van der Waals surface area contributed by atoms with Crippen LogP contribution in [0.5, 0.6) is 0 Å². The predicted molar refractivity (Wildman–Crippen MR) is 70.1 cm³/mol. The fourth-order valence-electron chi connectivity index (χ4n) is 2.74. The molecule has 0 aromatic carbocycles. The quantitative estimate of drug-likeness (QED) is 0.272. The van der Waals surface area contributed by atoms with Crippen LogP contribution in [0.25, 0.3) is 0 Å². The molecule has 1 aliphatic carbocycles. The van der Waals surface area contributed by atoms with Crippen molar-refractivity contribution in [3.63, 3.8) is 0 Å². The smallest absolute Gasteiger partial charge is 0.206 e. The molecule has 3 aliphatic rings. The van der Waals surface area contributed by atoms with Crippen molar-refractivity contribution in [2.45, 2.75) is 43.9 Å². The lowest BCUT2D eigenvalue weighted by molar-refractivity contribution is -0.0432. The molecular formula is C12H23N5O. The van der Waals surface area contributed by atoms with E-state index >= 15 is 0 Å². The summed E-state index contributed by atoms with van der Waals surface area (Å²) in [6.45, 7) is 3.77. The molecule has 0 aromatic heterocycles. The standard InChI is InChI=1S/C12H23N5O/c13-16-12(15-9-3-4-9)14-6-11-7-17-5-1-2-10(17)8-18-11/h9-11H,1-8,13H2,(H2,14,15,16). The highest BCUT2D eigenvalue weighted by Crippen LogP contribution is 2.22. The number of rotatable bonds is 3. The lowest BCUT2D eigenvalue weighted by Gasteiger charge is -2.34. The zero-order chi connectivity index (χ0) is 12.4. The third-order valence-electron chi connectivity index (χ3n) is 3.97. The van der Waals surface area contributed by atoms with E-state index in [1.165, 1.54) is 32.2 Å². The second-order valence-corrected chi connectivity index (χ2v) is 5.50. The topological polar surface area (TPSA) is 74.9 Å². The minimum absolute atomic E-state index is 0.212. The van der Waals surface area contributed by atoms with Gasteiger partial charge in [-0.3, -0.25) is 10.3 Å². The first-order valence-corrected chi connectivity index (χ1v) is 6.98. The van der Waals surface area contributed by atoms with E-state index in [-0.39, 0.29) is 6.10 Å². The molecule has 2 atom stereocenters. The van der Waals surface area contributed by atoms with Crippen LogP contribution < -0.4 is 16.6 Å². The molecule has 102 valence electrons. The largest absolute Gasteiger partial charge is 0.373 e. The highest BCUT2D eigenvalue weighted by Gasteiger charge is 2.32. The Bertz CT molecular complexity index is 318. The Kier molecular flexibility index (Phi) is 3.67. The normalized spacial score (nSPS) is 33.3. The van der Waals surface area contributed by atoms with Gasteiger partial charge in [-0.15, -0.1) is 0 Å². The summed E-state index contributed by atoms with van der Waals surface area (Å²) < 4.78 is 5.86. The van der Waals surface area contributed by atoms with Crippen LogP contribution in [0, 0.1) is 0 Å². The van der Waals surface area contributed by atoms with E-state index < -0.39 is 0 Å². The van der Waals surface area contributed by atoms with Crippen LogP contribution >= 0.6 is 0 Å². The molecule has 2 saturated heterocycles. The number of ether oxygens (including phenoxy) is 1. The Morgan fingerprint density at radius 1 is 1.39 bits per heavy atom. The third-order valence-corrected chi connectivity index (χ3v) is 3.97. The van der Waals surface area contributed by atoms with Crippen LogP contribution in [-0.2, 0) is 4.74 Å². The van der Waals surface area contributed by atoms with Gasteiger partial charge in [0.1, 0.15) is 0 Å². The maximum absolute atomic E-state index is 5.86. The fraction of sp³-hybridized carbons (Fsp3) is 0.917. The van der Waals surface area contributed by atoms with Gasteiger partial charge < -0.3 is 10.1 Å². The summed E-state index contributed by atoms with van der Waals surface area (Å²) in [4.78, 5) is 7.01. The number of guanidine groups is 1. The van der Waals surface area contributed by atoms with Gasteiger partial charge in [0.15, 0.2) is 0 Å². The van der Waals surface area contributed by atoms with Crippen LogP contribution in [-0.4, -0.2) is 55.3 Å². The molecule has 0 amide bonds. The number of nitrogens with one attached hydrogen (secondary N) is 2. The number of morpholine rings is 1. The van der Waals surface area contributed by atoms with E-state index in [0.29, 0.717) is 24.6 Å². The molecular weight excluding hydrogens is 230 g/mol. The Hall–Kier alpha value is -0.850. The maximum atomic E-state index is 5.86. The Balaban J connectivity index is 1.47. The molecule has 0 bridgehead atoms. The SMILES string of the molecule is NNC(=NCC1CN2CCCC2CO1)NC1CC1. The van der Waals surface area contributed by atoms with Crippen molar-refractivity contribution in [3.8, 4) is 0 Å². The van der Waals surface area contributed by atoms with E-state index in [2.05, 4.69) is 20.6 Å². The number of hydrazine groups is 1. The highest BCUT2D eigenvalue weighted by atomic mass is 16.5. The van der Waals surface area contributed by atoms with Crippen molar-refractivity contribution in [2.75, 3.05) is 26.2 Å². The van der Waals surface area contributed by atoms with Gasteiger partial charge >= 0.3 is 0 Å². The summed E-state index contributed by atoms with van der Waals surface area (Å²) in [5.41, 5.74) is 2.63. The van der Waals surface area contributed by atoms with Crippen LogP contribution in [0.4, 0.5) is 0 Å². The van der Waals surface area contributed by atoms with Crippen LogP contribution in [0.2, 0.25) is 0 Å². The van der Waals surface area contributed by atoms with Crippen LogP contribution in [0.3, 0.4) is 0 Å². The minimum Gasteiger partial charge on any atom is -0.373 e. The average molecular weight is 253 g/mol. The van der Waals surface area contributed by atoms with Gasteiger partial charge in [-0.2, -0.15) is 0 Å². The van der Waals surface area contributed by atoms with Gasteiger partial charge in [0.2, 0.25) is 5.96 Å². The summed E-state index contributed by atoms with van der Waals surface area (Å²) in [6.07, 6.45) is 5.24. The Morgan fingerprint density at radius 3 is 3.06 bits per heavy atom. The Morgan fingerprint density at radius 2 is 2.28 bits per heavy atom. The van der Waals surface area contributed by atoms with Crippen molar-refractivity contribution in [2.24, 2.45) is 10.8 Å². The van der Waals surface area contributed by atoms with E-state index in [9.17, 15) is 0 Å². The number of nitrogens with zero attached hydrogens (tertiary/aromatic N) is 2. The van der Waals surface area contributed by atoms with Crippen molar-refractivity contribution < 1.29 is 4.74 Å². The van der Waals surface area contributed by atoms with Crippen molar-refractivity contribution >= 4 is 5.96 Å². The van der Waals surface area contributed by atoms with E-state index in [1.54, 1.807) is 0 Å². The highest BCUT2D eigenvalue weighted by molar-refractivity contribution is 5.79. The lowest BCUT2D eigenvalue weighted by atomic mass is 10.2. The fourth-order valence-corrected chi connectivity index (χ4v) is 2.74. The number of fused-ring (bicyclic) bond motifs is 1. The van der Waals surface area contributed by atoms with Gasteiger partial charge in [-0.25, -0.2) is 10.8 Å². The molecule has 1 saturated carbocycles. The molecule has 0 aromatic rings. The van der Waals surface area contributed by atoms with E-state index in [0.717, 1.165) is 13.2 Å². The average Bonchev–Trinajstić information content (AvgIpc) is 3.09.